The molecule has 0 saturated carbocycles. The van der Waals surface area contributed by atoms with Crippen molar-refractivity contribution >= 4 is 34.7 Å². The number of hydrogen-bond acceptors (Lipinski definition) is 3. The maximum atomic E-state index is 12.1. The van der Waals surface area contributed by atoms with Gasteiger partial charge in [0.05, 0.1) is 4.92 Å². The molecule has 2 amide bonds. The molecule has 0 aliphatic rings. The average Bonchev–Trinajstić information content (AvgIpc) is 2.64. The van der Waals surface area contributed by atoms with Crippen LogP contribution in [0.3, 0.4) is 0 Å². The monoisotopic (exact) mass is 367 g/mol. The number of nitrogens with one attached hydrogen (secondary N) is 2. The summed E-state index contributed by atoms with van der Waals surface area (Å²) in [5.41, 5.74) is 2.73. The van der Waals surface area contributed by atoms with E-state index in [9.17, 15) is 14.9 Å². The van der Waals surface area contributed by atoms with Gasteiger partial charge in [0.2, 0.25) is 0 Å². The maximum Gasteiger partial charge on any atom is 0.323 e. The van der Waals surface area contributed by atoms with E-state index in [1.807, 2.05) is 42.5 Å². The first kappa shape index (κ1) is 17.4. The Morgan fingerprint density at radius 1 is 0.846 bits per heavy atom. The summed E-state index contributed by atoms with van der Waals surface area (Å²) in [6, 6.07) is 20.8. The number of anilines is 2. The average molecular weight is 368 g/mol. The summed E-state index contributed by atoms with van der Waals surface area (Å²) in [6.07, 6.45) is 0. The predicted octanol–water partition coefficient (Wildman–Crippen LogP) is 5.56. The number of nitrogens with zero attached hydrogens (tertiary/aromatic N) is 1. The molecule has 0 fully saturated rings. The maximum absolute atomic E-state index is 12.1. The lowest BCUT2D eigenvalue weighted by molar-refractivity contribution is -0.384. The minimum atomic E-state index is -0.603. The molecule has 0 spiro atoms. The Morgan fingerprint density at radius 3 is 2.08 bits per heavy atom. The lowest BCUT2D eigenvalue weighted by atomic mass is 10.1. The van der Waals surface area contributed by atoms with Crippen LogP contribution in [0.25, 0.3) is 11.1 Å². The van der Waals surface area contributed by atoms with Crippen LogP contribution in [0.1, 0.15) is 0 Å². The van der Waals surface area contributed by atoms with Gasteiger partial charge in [-0.05, 0) is 35.4 Å². The number of nitro benzene ring substituents is 1. The number of urea groups is 1. The molecule has 0 saturated heterocycles. The molecule has 130 valence electrons. The number of nitro groups is 1. The molecule has 0 aliphatic heterocycles. The Hall–Kier alpha value is -3.38. The number of benzene rings is 3. The van der Waals surface area contributed by atoms with E-state index in [-0.39, 0.29) is 16.4 Å². The normalized spacial score (nSPS) is 10.2. The summed E-state index contributed by atoms with van der Waals surface area (Å²) in [4.78, 5) is 22.4. The summed E-state index contributed by atoms with van der Waals surface area (Å²) in [5, 5.41) is 16.1. The highest BCUT2D eigenvalue weighted by molar-refractivity contribution is 6.32. The van der Waals surface area contributed by atoms with E-state index in [0.717, 1.165) is 11.1 Å². The SMILES string of the molecule is O=C(Nc1ccc(-c2ccccc2)cc1)Nc1ccc(Cl)c([N+](=O)[O-])c1. The van der Waals surface area contributed by atoms with Crippen molar-refractivity contribution in [3.63, 3.8) is 0 Å². The van der Waals surface area contributed by atoms with Crippen LogP contribution in [0.5, 0.6) is 0 Å². The van der Waals surface area contributed by atoms with Gasteiger partial charge in [-0.25, -0.2) is 4.79 Å². The van der Waals surface area contributed by atoms with Gasteiger partial charge in [0.25, 0.3) is 5.69 Å². The lowest BCUT2D eigenvalue weighted by Gasteiger charge is -2.09. The summed E-state index contributed by atoms with van der Waals surface area (Å²) in [5.74, 6) is 0. The molecule has 2 N–H and O–H groups in total. The van der Waals surface area contributed by atoms with Crippen LogP contribution >= 0.6 is 11.6 Å². The third-order valence-electron chi connectivity index (χ3n) is 3.65. The van der Waals surface area contributed by atoms with Crippen molar-refractivity contribution in [3.05, 3.63) is 87.9 Å². The van der Waals surface area contributed by atoms with Crippen molar-refractivity contribution in [1.29, 1.82) is 0 Å². The number of hydrogen-bond donors (Lipinski definition) is 2. The highest BCUT2D eigenvalue weighted by Gasteiger charge is 2.14. The molecule has 3 aromatic carbocycles. The van der Waals surface area contributed by atoms with Gasteiger partial charge in [0.1, 0.15) is 5.02 Å². The highest BCUT2D eigenvalue weighted by atomic mass is 35.5. The number of rotatable bonds is 4. The first-order chi connectivity index (χ1) is 12.5. The standard InChI is InChI=1S/C19H14ClN3O3/c20-17-11-10-16(12-18(17)23(25)26)22-19(24)21-15-8-6-14(7-9-15)13-4-2-1-3-5-13/h1-12H,(H2,21,22,24). The zero-order chi connectivity index (χ0) is 18.5. The molecular formula is C19H14ClN3O3. The molecular weight excluding hydrogens is 354 g/mol. The van der Waals surface area contributed by atoms with Gasteiger partial charge in [-0.15, -0.1) is 0 Å². The van der Waals surface area contributed by atoms with Gasteiger partial charge in [0.15, 0.2) is 0 Å². The molecule has 26 heavy (non-hydrogen) atoms. The van der Waals surface area contributed by atoms with Gasteiger partial charge < -0.3 is 10.6 Å². The van der Waals surface area contributed by atoms with Gasteiger partial charge >= 0.3 is 6.03 Å². The molecule has 6 nitrogen and oxygen atoms in total. The fourth-order valence-electron chi connectivity index (χ4n) is 2.40. The number of amides is 2. The topological polar surface area (TPSA) is 84.3 Å². The molecule has 3 rings (SSSR count). The van der Waals surface area contributed by atoms with Crippen LogP contribution in [-0.2, 0) is 0 Å². The second kappa shape index (κ2) is 7.67. The third kappa shape index (κ3) is 4.17. The Bertz CT molecular complexity index is 944. The van der Waals surface area contributed by atoms with Gasteiger partial charge in [-0.1, -0.05) is 54.1 Å². The number of carbonyl (C=O) groups excluding carboxylic acids is 1. The van der Waals surface area contributed by atoms with Crippen molar-refractivity contribution in [2.45, 2.75) is 0 Å². The van der Waals surface area contributed by atoms with Crippen LogP contribution in [0.4, 0.5) is 21.9 Å². The number of carbonyl (C=O) groups is 1. The smallest absolute Gasteiger partial charge is 0.308 e. The largest absolute Gasteiger partial charge is 0.323 e. The second-order valence-corrected chi connectivity index (χ2v) is 5.85. The molecule has 0 aliphatic carbocycles. The van der Waals surface area contributed by atoms with Gasteiger partial charge in [-0.2, -0.15) is 0 Å². The molecule has 0 bridgehead atoms. The molecule has 3 aromatic rings. The van der Waals surface area contributed by atoms with E-state index in [1.165, 1.54) is 18.2 Å². The molecule has 0 aromatic heterocycles. The minimum Gasteiger partial charge on any atom is -0.308 e. The van der Waals surface area contributed by atoms with Crippen molar-refractivity contribution in [2.75, 3.05) is 10.6 Å². The zero-order valence-electron chi connectivity index (χ0n) is 13.5. The van der Waals surface area contributed by atoms with Crippen LogP contribution in [0.15, 0.2) is 72.8 Å². The Morgan fingerprint density at radius 2 is 1.42 bits per heavy atom. The van der Waals surface area contributed by atoms with Crippen LogP contribution in [-0.4, -0.2) is 11.0 Å². The first-order valence-corrected chi connectivity index (χ1v) is 8.08. The van der Waals surface area contributed by atoms with Crippen LogP contribution in [0.2, 0.25) is 5.02 Å². The summed E-state index contributed by atoms with van der Waals surface area (Å²) >= 11 is 5.75. The highest BCUT2D eigenvalue weighted by Crippen LogP contribution is 2.27. The van der Waals surface area contributed by atoms with E-state index < -0.39 is 11.0 Å². The van der Waals surface area contributed by atoms with E-state index in [0.29, 0.717) is 5.69 Å². The van der Waals surface area contributed by atoms with Crippen molar-refractivity contribution in [2.24, 2.45) is 0 Å². The van der Waals surface area contributed by atoms with Crippen molar-refractivity contribution < 1.29 is 9.72 Å². The van der Waals surface area contributed by atoms with Crippen molar-refractivity contribution in [3.8, 4) is 11.1 Å². The van der Waals surface area contributed by atoms with E-state index in [2.05, 4.69) is 10.6 Å². The molecule has 0 unspecified atom stereocenters. The fourth-order valence-corrected chi connectivity index (χ4v) is 2.59. The quantitative estimate of drug-likeness (QED) is 0.467. The predicted molar refractivity (Wildman–Crippen MR) is 103 cm³/mol. The van der Waals surface area contributed by atoms with E-state index in [1.54, 1.807) is 12.1 Å². The Balaban J connectivity index is 1.67. The fraction of sp³-hybridized carbons (Fsp3) is 0. The van der Waals surface area contributed by atoms with Crippen molar-refractivity contribution in [1.82, 2.24) is 0 Å². The third-order valence-corrected chi connectivity index (χ3v) is 3.97. The summed E-state index contributed by atoms with van der Waals surface area (Å²) < 4.78 is 0. The van der Waals surface area contributed by atoms with Gasteiger partial charge in [-0.3, -0.25) is 10.1 Å². The molecule has 0 atom stereocenters. The van der Waals surface area contributed by atoms with E-state index >= 15 is 0 Å². The first-order valence-electron chi connectivity index (χ1n) is 7.70. The molecule has 7 heteroatoms. The lowest BCUT2D eigenvalue weighted by Crippen LogP contribution is -2.19. The number of halogens is 1. The Labute approximate surface area is 154 Å². The van der Waals surface area contributed by atoms with Crippen LogP contribution < -0.4 is 10.6 Å². The van der Waals surface area contributed by atoms with Gasteiger partial charge in [0, 0.05) is 17.4 Å². The molecule has 0 heterocycles. The zero-order valence-corrected chi connectivity index (χ0v) is 14.2. The summed E-state index contributed by atoms with van der Waals surface area (Å²) in [7, 11) is 0. The Kier molecular flexibility index (Phi) is 5.15. The van der Waals surface area contributed by atoms with Crippen LogP contribution in [0, 0.1) is 10.1 Å². The van der Waals surface area contributed by atoms with E-state index in [4.69, 9.17) is 11.6 Å². The second-order valence-electron chi connectivity index (χ2n) is 5.45. The minimum absolute atomic E-state index is 0.0115. The summed E-state index contributed by atoms with van der Waals surface area (Å²) in [6.45, 7) is 0. The molecule has 0 radical (unpaired) electrons.